The summed E-state index contributed by atoms with van der Waals surface area (Å²) in [6.07, 6.45) is 9.93. The van der Waals surface area contributed by atoms with Gasteiger partial charge in [-0.2, -0.15) is 0 Å². The van der Waals surface area contributed by atoms with Crippen molar-refractivity contribution in [3.05, 3.63) is 18.7 Å². The Morgan fingerprint density at radius 1 is 1.65 bits per heavy atom. The highest BCUT2D eigenvalue weighted by Crippen LogP contribution is 2.15. The minimum Gasteiger partial charge on any atom is -0.480 e. The molecule has 0 aliphatic rings. The van der Waals surface area contributed by atoms with Gasteiger partial charge in [-0.3, -0.25) is 9.20 Å². The molecule has 2 aromatic rings. The van der Waals surface area contributed by atoms with Crippen LogP contribution in [0.15, 0.2) is 18.7 Å². The molecular weight excluding hydrogens is 222 g/mol. The summed E-state index contributed by atoms with van der Waals surface area (Å²) in [5.41, 5.74) is 0.476. The van der Waals surface area contributed by atoms with E-state index >= 15 is 0 Å². The van der Waals surface area contributed by atoms with Gasteiger partial charge in [0.25, 0.3) is 0 Å². The SMILES string of the molecule is C#CCN(CC(=O)O)c1nccn2cnnc12. The van der Waals surface area contributed by atoms with Gasteiger partial charge >= 0.3 is 5.97 Å². The Labute approximate surface area is 96.7 Å². The standard InChI is InChI=1S/C10H9N5O2/c1-2-4-14(6-8(16)17)9-10-13-12-7-15(10)5-3-11-9/h1,3,5,7H,4,6H2,(H,16,17). The highest BCUT2D eigenvalue weighted by molar-refractivity contribution is 5.76. The van der Waals surface area contributed by atoms with E-state index in [0.717, 1.165) is 0 Å². The summed E-state index contributed by atoms with van der Waals surface area (Å²) in [7, 11) is 0. The molecule has 0 spiro atoms. The maximum Gasteiger partial charge on any atom is 0.323 e. The van der Waals surface area contributed by atoms with Crippen LogP contribution < -0.4 is 4.90 Å². The molecular formula is C10H9N5O2. The van der Waals surface area contributed by atoms with Crippen LogP contribution in [0.5, 0.6) is 0 Å². The smallest absolute Gasteiger partial charge is 0.323 e. The number of aromatic nitrogens is 4. The molecule has 17 heavy (non-hydrogen) atoms. The largest absolute Gasteiger partial charge is 0.480 e. The Bertz CT molecular complexity index is 586. The average Bonchev–Trinajstić information content (AvgIpc) is 2.75. The monoisotopic (exact) mass is 231 g/mol. The van der Waals surface area contributed by atoms with E-state index in [2.05, 4.69) is 21.1 Å². The minimum atomic E-state index is -0.983. The third-order valence-corrected chi connectivity index (χ3v) is 2.10. The number of carboxylic acid groups (broad SMARTS) is 1. The number of carboxylic acids is 1. The maximum absolute atomic E-state index is 10.8. The number of hydrogen-bond acceptors (Lipinski definition) is 5. The minimum absolute atomic E-state index is 0.145. The van der Waals surface area contributed by atoms with Gasteiger partial charge < -0.3 is 10.0 Å². The number of hydrogen-bond donors (Lipinski definition) is 1. The van der Waals surface area contributed by atoms with E-state index in [1.807, 2.05) is 0 Å². The topological polar surface area (TPSA) is 83.6 Å². The highest BCUT2D eigenvalue weighted by Gasteiger charge is 2.15. The zero-order chi connectivity index (χ0) is 12.3. The number of carbonyl (C=O) groups is 1. The van der Waals surface area contributed by atoms with Gasteiger partial charge in [-0.05, 0) is 0 Å². The Kier molecular flexibility index (Phi) is 2.87. The molecule has 0 saturated heterocycles. The van der Waals surface area contributed by atoms with Gasteiger partial charge in [-0.15, -0.1) is 16.6 Å². The fourth-order valence-corrected chi connectivity index (χ4v) is 1.45. The summed E-state index contributed by atoms with van der Waals surface area (Å²) in [4.78, 5) is 16.3. The Morgan fingerprint density at radius 2 is 2.47 bits per heavy atom. The van der Waals surface area contributed by atoms with Gasteiger partial charge in [-0.1, -0.05) is 5.92 Å². The number of nitrogens with zero attached hydrogens (tertiary/aromatic N) is 5. The van der Waals surface area contributed by atoms with Gasteiger partial charge in [0.05, 0.1) is 6.54 Å². The van der Waals surface area contributed by atoms with Crippen LogP contribution in [0.2, 0.25) is 0 Å². The quantitative estimate of drug-likeness (QED) is 0.724. The molecule has 0 amide bonds. The van der Waals surface area contributed by atoms with E-state index in [-0.39, 0.29) is 13.1 Å². The lowest BCUT2D eigenvalue weighted by Gasteiger charge is -2.18. The first kappa shape index (κ1) is 10.9. The molecule has 1 N–H and O–H groups in total. The first-order chi connectivity index (χ1) is 8.22. The summed E-state index contributed by atoms with van der Waals surface area (Å²) in [6, 6.07) is 0. The first-order valence-corrected chi connectivity index (χ1v) is 4.77. The third kappa shape index (κ3) is 2.15. The number of fused-ring (bicyclic) bond motifs is 1. The van der Waals surface area contributed by atoms with Crippen molar-refractivity contribution in [2.24, 2.45) is 0 Å². The molecule has 0 aromatic carbocycles. The lowest BCUT2D eigenvalue weighted by atomic mass is 10.4. The Hall–Kier alpha value is -2.62. The van der Waals surface area contributed by atoms with Crippen LogP contribution in [0.1, 0.15) is 0 Å². The normalized spacial score (nSPS) is 10.1. The van der Waals surface area contributed by atoms with E-state index in [4.69, 9.17) is 11.5 Å². The molecule has 2 heterocycles. The third-order valence-electron chi connectivity index (χ3n) is 2.10. The second-order valence-electron chi connectivity index (χ2n) is 3.27. The van der Waals surface area contributed by atoms with Gasteiger partial charge in [0.2, 0.25) is 5.65 Å². The second kappa shape index (κ2) is 4.49. The summed E-state index contributed by atoms with van der Waals surface area (Å²) in [5, 5.41) is 16.4. The maximum atomic E-state index is 10.8. The summed E-state index contributed by atoms with van der Waals surface area (Å²) >= 11 is 0. The van der Waals surface area contributed by atoms with Gasteiger partial charge in [0.1, 0.15) is 12.9 Å². The summed E-state index contributed by atoms with van der Waals surface area (Å²) in [6.45, 7) is -0.0877. The first-order valence-electron chi connectivity index (χ1n) is 4.77. The lowest BCUT2D eigenvalue weighted by Crippen LogP contribution is -2.31. The van der Waals surface area contributed by atoms with Gasteiger partial charge in [0, 0.05) is 12.4 Å². The Balaban J connectivity index is 2.44. The molecule has 7 heteroatoms. The highest BCUT2D eigenvalue weighted by atomic mass is 16.4. The van der Waals surface area contributed by atoms with E-state index in [1.165, 1.54) is 17.4 Å². The number of aliphatic carboxylic acids is 1. The molecule has 0 atom stereocenters. The van der Waals surface area contributed by atoms with Crippen molar-refractivity contribution in [1.82, 2.24) is 19.6 Å². The van der Waals surface area contributed by atoms with Crippen LogP contribution in [0.4, 0.5) is 5.82 Å². The van der Waals surface area contributed by atoms with Gasteiger partial charge in [0.15, 0.2) is 5.82 Å². The molecule has 2 rings (SSSR count). The zero-order valence-electron chi connectivity index (χ0n) is 8.82. The second-order valence-corrected chi connectivity index (χ2v) is 3.27. The molecule has 7 nitrogen and oxygen atoms in total. The van der Waals surface area contributed by atoms with Crippen LogP contribution in [0, 0.1) is 12.3 Å². The number of rotatable bonds is 4. The molecule has 0 unspecified atom stereocenters. The van der Waals surface area contributed by atoms with E-state index in [1.54, 1.807) is 10.6 Å². The molecule has 0 saturated carbocycles. The predicted molar refractivity (Wildman–Crippen MR) is 59.5 cm³/mol. The van der Waals surface area contributed by atoms with Gasteiger partial charge in [-0.25, -0.2) is 4.98 Å². The van der Waals surface area contributed by atoms with E-state index in [9.17, 15) is 4.79 Å². The van der Waals surface area contributed by atoms with Crippen molar-refractivity contribution in [3.63, 3.8) is 0 Å². The van der Waals surface area contributed by atoms with Crippen LogP contribution in [-0.2, 0) is 4.79 Å². The van der Waals surface area contributed by atoms with Crippen LogP contribution in [-0.4, -0.2) is 43.7 Å². The average molecular weight is 231 g/mol. The van der Waals surface area contributed by atoms with Crippen molar-refractivity contribution in [1.29, 1.82) is 0 Å². The van der Waals surface area contributed by atoms with Crippen LogP contribution in [0.25, 0.3) is 5.65 Å². The van der Waals surface area contributed by atoms with Crippen LogP contribution in [0.3, 0.4) is 0 Å². The molecule has 2 aromatic heterocycles. The van der Waals surface area contributed by atoms with E-state index in [0.29, 0.717) is 11.5 Å². The molecule has 86 valence electrons. The van der Waals surface area contributed by atoms with Crippen molar-refractivity contribution in [2.75, 3.05) is 18.0 Å². The van der Waals surface area contributed by atoms with Crippen molar-refractivity contribution >= 4 is 17.4 Å². The van der Waals surface area contributed by atoms with Crippen molar-refractivity contribution in [2.45, 2.75) is 0 Å². The molecule has 0 aliphatic heterocycles. The van der Waals surface area contributed by atoms with E-state index < -0.39 is 5.97 Å². The zero-order valence-corrected chi connectivity index (χ0v) is 8.82. The predicted octanol–water partition coefficient (Wildman–Crippen LogP) is -0.352. The molecule has 0 fully saturated rings. The fraction of sp³-hybridized carbons (Fsp3) is 0.200. The summed E-state index contributed by atoms with van der Waals surface area (Å²) in [5.74, 6) is 1.82. The molecule has 0 radical (unpaired) electrons. The Morgan fingerprint density at radius 3 is 3.18 bits per heavy atom. The summed E-state index contributed by atoms with van der Waals surface area (Å²) < 4.78 is 1.65. The van der Waals surface area contributed by atoms with Crippen LogP contribution >= 0.6 is 0 Å². The number of anilines is 1. The van der Waals surface area contributed by atoms with Crippen molar-refractivity contribution in [3.8, 4) is 12.3 Å². The lowest BCUT2D eigenvalue weighted by molar-refractivity contribution is -0.135. The van der Waals surface area contributed by atoms with Crippen molar-refractivity contribution < 1.29 is 9.90 Å². The molecule has 0 aliphatic carbocycles. The number of terminal acetylenes is 1. The fourth-order valence-electron chi connectivity index (χ4n) is 1.45. The molecule has 0 bridgehead atoms.